The van der Waals surface area contributed by atoms with Gasteiger partial charge in [-0.2, -0.15) is 0 Å². The summed E-state index contributed by atoms with van der Waals surface area (Å²) in [5.74, 6) is -1.91. The first-order chi connectivity index (χ1) is 30.0. The number of anilines is 2. The molecule has 2 atom stereocenters. The molecule has 0 heterocycles. The lowest BCUT2D eigenvalue weighted by atomic mass is 9.92. The maximum absolute atomic E-state index is 13.4. The monoisotopic (exact) mass is 854 g/mol. The third kappa shape index (κ3) is 14.7. The average molecular weight is 855 g/mol. The molecule has 0 amide bonds. The SMILES string of the molecule is CC(=O)c1cc(NC(C)(CCc2ccccc2)COC(=O)c2ccc(OC(=O)C(C)C)cc2)cc(NC(C)(CCc2ccccc2)COC(=O)c2ccc(OC(=O)C(C)C)cc2)c1. The number of ketones is 1. The van der Waals surface area contributed by atoms with Gasteiger partial charge in [0.1, 0.15) is 24.7 Å². The van der Waals surface area contributed by atoms with Gasteiger partial charge in [-0.3, -0.25) is 14.4 Å². The van der Waals surface area contributed by atoms with Gasteiger partial charge in [0, 0.05) is 16.9 Å². The lowest BCUT2D eigenvalue weighted by molar-refractivity contribution is -0.138. The molecule has 0 fully saturated rings. The lowest BCUT2D eigenvalue weighted by Gasteiger charge is -2.34. The van der Waals surface area contributed by atoms with Crippen molar-refractivity contribution in [2.75, 3.05) is 23.8 Å². The van der Waals surface area contributed by atoms with E-state index in [4.69, 9.17) is 18.9 Å². The normalized spacial score (nSPS) is 13.0. The molecule has 63 heavy (non-hydrogen) atoms. The van der Waals surface area contributed by atoms with Gasteiger partial charge in [0.25, 0.3) is 0 Å². The van der Waals surface area contributed by atoms with Crippen molar-refractivity contribution in [2.24, 2.45) is 11.8 Å². The molecule has 330 valence electrons. The highest BCUT2D eigenvalue weighted by molar-refractivity contribution is 5.96. The summed E-state index contributed by atoms with van der Waals surface area (Å²) in [6.07, 6.45) is 2.47. The molecule has 0 aliphatic carbocycles. The van der Waals surface area contributed by atoms with E-state index in [0.29, 0.717) is 65.2 Å². The number of esters is 4. The van der Waals surface area contributed by atoms with Gasteiger partial charge < -0.3 is 29.6 Å². The quantitative estimate of drug-likeness (QED) is 0.0413. The van der Waals surface area contributed by atoms with Gasteiger partial charge in [0.15, 0.2) is 5.78 Å². The van der Waals surface area contributed by atoms with Gasteiger partial charge in [-0.05, 0) is 124 Å². The molecule has 0 aliphatic rings. The number of hydrogen-bond donors (Lipinski definition) is 2. The van der Waals surface area contributed by atoms with Crippen LogP contribution in [0.25, 0.3) is 0 Å². The second-order valence-corrected chi connectivity index (χ2v) is 17.1. The fourth-order valence-electron chi connectivity index (χ4n) is 6.55. The summed E-state index contributed by atoms with van der Waals surface area (Å²) in [6, 6.07) is 37.9. The highest BCUT2D eigenvalue weighted by Crippen LogP contribution is 2.30. The Kier molecular flexibility index (Phi) is 16.4. The van der Waals surface area contributed by atoms with Crippen LogP contribution >= 0.6 is 0 Å². The minimum absolute atomic E-state index is 0.0122. The minimum Gasteiger partial charge on any atom is -0.460 e. The molecule has 0 spiro atoms. The predicted octanol–water partition coefficient (Wildman–Crippen LogP) is 10.3. The van der Waals surface area contributed by atoms with Crippen LogP contribution in [-0.4, -0.2) is 54.0 Å². The summed E-state index contributed by atoms with van der Waals surface area (Å²) in [5, 5.41) is 7.21. The van der Waals surface area contributed by atoms with Gasteiger partial charge in [-0.15, -0.1) is 0 Å². The molecule has 5 aromatic rings. The van der Waals surface area contributed by atoms with Crippen LogP contribution in [0.2, 0.25) is 0 Å². The zero-order valence-corrected chi connectivity index (χ0v) is 37.2. The molecule has 0 aromatic heterocycles. The molecule has 0 saturated heterocycles. The number of benzene rings is 5. The van der Waals surface area contributed by atoms with E-state index in [-0.39, 0.29) is 42.8 Å². The van der Waals surface area contributed by atoms with Crippen molar-refractivity contribution < 1.29 is 42.9 Å². The highest BCUT2D eigenvalue weighted by atomic mass is 16.5. The van der Waals surface area contributed by atoms with Crippen LogP contribution in [0.3, 0.4) is 0 Å². The fraction of sp³-hybridized carbons (Fsp3) is 0.327. The summed E-state index contributed by atoms with van der Waals surface area (Å²) in [7, 11) is 0. The number of hydrogen-bond acceptors (Lipinski definition) is 11. The van der Waals surface area contributed by atoms with Crippen molar-refractivity contribution in [2.45, 2.75) is 85.2 Å². The maximum atomic E-state index is 13.4. The molecule has 2 N–H and O–H groups in total. The molecule has 11 heteroatoms. The molecule has 2 unspecified atom stereocenters. The van der Waals surface area contributed by atoms with Crippen LogP contribution < -0.4 is 20.1 Å². The maximum Gasteiger partial charge on any atom is 0.338 e. The molecule has 5 aromatic carbocycles. The molecule has 0 aliphatic heterocycles. The standard InChI is InChI=1S/C52H58N2O9/c1-35(2)47(56)62-45-22-18-40(19-23-45)49(58)60-33-51(6,28-26-38-14-10-8-11-15-38)53-43-30-42(37(5)55)31-44(32-43)54-52(7,29-27-39-16-12-9-13-17-39)34-61-50(59)41-20-24-46(25-21-41)63-48(57)36(3)4/h8-25,30-32,35-36,53-54H,26-29,33-34H2,1-7H3. The fourth-order valence-corrected chi connectivity index (χ4v) is 6.55. The van der Waals surface area contributed by atoms with E-state index < -0.39 is 23.0 Å². The second-order valence-electron chi connectivity index (χ2n) is 17.1. The van der Waals surface area contributed by atoms with Crippen LogP contribution in [0.1, 0.15) is 104 Å². The van der Waals surface area contributed by atoms with E-state index in [2.05, 4.69) is 10.6 Å². The van der Waals surface area contributed by atoms with E-state index >= 15 is 0 Å². The minimum atomic E-state index is -0.806. The van der Waals surface area contributed by atoms with Gasteiger partial charge in [-0.1, -0.05) is 88.4 Å². The van der Waals surface area contributed by atoms with Crippen molar-refractivity contribution in [3.8, 4) is 11.5 Å². The Labute approximate surface area is 370 Å². The Bertz CT molecular complexity index is 2170. The lowest BCUT2D eigenvalue weighted by Crippen LogP contribution is -2.42. The molecule has 11 nitrogen and oxygen atoms in total. The van der Waals surface area contributed by atoms with Gasteiger partial charge in [0.05, 0.1) is 34.0 Å². The summed E-state index contributed by atoms with van der Waals surface area (Å²) < 4.78 is 22.6. The van der Waals surface area contributed by atoms with E-state index in [0.717, 1.165) is 11.1 Å². The number of rotatable bonds is 21. The summed E-state index contributed by atoms with van der Waals surface area (Å²) in [6.45, 7) is 12.4. The first kappa shape index (κ1) is 47.3. The van der Waals surface area contributed by atoms with Crippen molar-refractivity contribution in [1.29, 1.82) is 0 Å². The van der Waals surface area contributed by atoms with E-state index in [1.807, 2.05) is 80.6 Å². The van der Waals surface area contributed by atoms with Gasteiger partial charge in [0.2, 0.25) is 0 Å². The largest absolute Gasteiger partial charge is 0.460 e. The first-order valence-electron chi connectivity index (χ1n) is 21.3. The summed E-state index contributed by atoms with van der Waals surface area (Å²) >= 11 is 0. The molecular weight excluding hydrogens is 797 g/mol. The van der Waals surface area contributed by atoms with Crippen molar-refractivity contribution in [1.82, 2.24) is 0 Å². The number of carbonyl (C=O) groups excluding carboxylic acids is 5. The van der Waals surface area contributed by atoms with Crippen LogP contribution in [0.5, 0.6) is 11.5 Å². The van der Waals surface area contributed by atoms with Crippen LogP contribution in [0, 0.1) is 11.8 Å². The molecule has 0 saturated carbocycles. The Morgan fingerprint density at radius 1 is 0.508 bits per heavy atom. The second kappa shape index (κ2) is 21.9. The average Bonchev–Trinajstić information content (AvgIpc) is 3.27. The van der Waals surface area contributed by atoms with Crippen LogP contribution in [0.4, 0.5) is 11.4 Å². The third-order valence-electron chi connectivity index (χ3n) is 10.5. The smallest absolute Gasteiger partial charge is 0.338 e. The first-order valence-corrected chi connectivity index (χ1v) is 21.3. The molecular formula is C52H58N2O9. The van der Waals surface area contributed by atoms with Gasteiger partial charge in [-0.25, -0.2) is 9.59 Å². The van der Waals surface area contributed by atoms with Crippen molar-refractivity contribution >= 4 is 41.0 Å². The molecule has 0 radical (unpaired) electrons. The number of carbonyl (C=O) groups is 5. The summed E-state index contributed by atoms with van der Waals surface area (Å²) in [5.41, 5.74) is 2.89. The Hall–Kier alpha value is -6.75. The number of ether oxygens (including phenoxy) is 4. The molecule has 0 bridgehead atoms. The molecule has 5 rings (SSSR count). The van der Waals surface area contributed by atoms with E-state index in [9.17, 15) is 24.0 Å². The van der Waals surface area contributed by atoms with Crippen LogP contribution in [-0.2, 0) is 31.9 Å². The van der Waals surface area contributed by atoms with E-state index in [1.165, 1.54) is 6.92 Å². The third-order valence-corrected chi connectivity index (χ3v) is 10.5. The zero-order valence-electron chi connectivity index (χ0n) is 37.2. The van der Waals surface area contributed by atoms with Crippen LogP contribution in [0.15, 0.2) is 127 Å². The number of Topliss-reactive ketones (excluding diaryl/α,β-unsaturated/α-hetero) is 1. The number of nitrogens with one attached hydrogen (secondary N) is 2. The Morgan fingerprint density at radius 3 is 1.21 bits per heavy atom. The Morgan fingerprint density at radius 2 is 0.873 bits per heavy atom. The van der Waals surface area contributed by atoms with Crippen molar-refractivity contribution in [3.05, 3.63) is 155 Å². The van der Waals surface area contributed by atoms with E-state index in [1.54, 1.807) is 88.4 Å². The number of aryl methyl sites for hydroxylation is 2. The predicted molar refractivity (Wildman–Crippen MR) is 244 cm³/mol. The van der Waals surface area contributed by atoms with Crippen molar-refractivity contribution in [3.63, 3.8) is 0 Å². The topological polar surface area (TPSA) is 146 Å². The Balaban J connectivity index is 1.37. The summed E-state index contributed by atoms with van der Waals surface area (Å²) in [4.78, 5) is 63.9. The van der Waals surface area contributed by atoms with Gasteiger partial charge >= 0.3 is 23.9 Å². The highest BCUT2D eigenvalue weighted by Gasteiger charge is 2.30. The zero-order chi connectivity index (χ0) is 45.6.